The summed E-state index contributed by atoms with van der Waals surface area (Å²) in [5.41, 5.74) is 0. The summed E-state index contributed by atoms with van der Waals surface area (Å²) in [6, 6.07) is 1.81. The minimum atomic E-state index is 0.164. The fraction of sp³-hybridized carbons (Fsp3) is 0.538. The number of halogens is 1. The number of ether oxygens (including phenoxy) is 1. The van der Waals surface area contributed by atoms with E-state index >= 15 is 0 Å². The molecule has 1 saturated heterocycles. The molecule has 3 rings (SSSR count). The van der Waals surface area contributed by atoms with Crippen molar-refractivity contribution in [3.8, 4) is 5.95 Å². The summed E-state index contributed by atoms with van der Waals surface area (Å²) in [4.78, 5) is 14.7. The summed E-state index contributed by atoms with van der Waals surface area (Å²) in [6.07, 6.45) is 5.70. The molecule has 1 aliphatic heterocycles. The van der Waals surface area contributed by atoms with Crippen molar-refractivity contribution < 1.29 is 4.74 Å². The smallest absolute Gasteiger partial charge is 0.256 e. The van der Waals surface area contributed by atoms with E-state index < -0.39 is 0 Å². The van der Waals surface area contributed by atoms with Gasteiger partial charge >= 0.3 is 0 Å². The van der Waals surface area contributed by atoms with E-state index in [-0.39, 0.29) is 5.28 Å². The zero-order valence-electron chi connectivity index (χ0n) is 11.8. The monoisotopic (exact) mass is 308 g/mol. The number of anilines is 1. The van der Waals surface area contributed by atoms with Crippen LogP contribution < -0.4 is 4.90 Å². The van der Waals surface area contributed by atoms with Crippen molar-refractivity contribution in [2.75, 3.05) is 31.7 Å². The SMILES string of the molecule is CN(CC1CCCOC1)c1nc(Cl)nc(-n2cccn2)n1. The highest BCUT2D eigenvalue weighted by atomic mass is 35.5. The van der Waals surface area contributed by atoms with Gasteiger partial charge in [0.2, 0.25) is 11.2 Å². The second-order valence-electron chi connectivity index (χ2n) is 5.12. The molecule has 0 N–H and O–H groups in total. The van der Waals surface area contributed by atoms with Crippen molar-refractivity contribution in [2.24, 2.45) is 5.92 Å². The second kappa shape index (κ2) is 6.36. The van der Waals surface area contributed by atoms with Gasteiger partial charge in [0.05, 0.1) is 6.61 Å². The Balaban J connectivity index is 1.77. The molecule has 0 bridgehead atoms. The van der Waals surface area contributed by atoms with Gasteiger partial charge in [0.25, 0.3) is 5.95 Å². The molecule has 1 aliphatic rings. The van der Waals surface area contributed by atoms with Gasteiger partial charge in [-0.3, -0.25) is 0 Å². The standard InChI is InChI=1S/C13H17ClN6O/c1-19(8-10-4-2-7-21-9-10)12-16-11(14)17-13(18-12)20-6-3-5-15-20/h3,5-6,10H,2,4,7-9H2,1H3. The van der Waals surface area contributed by atoms with Gasteiger partial charge < -0.3 is 9.64 Å². The molecule has 2 aromatic rings. The molecule has 7 nitrogen and oxygen atoms in total. The Morgan fingerprint density at radius 2 is 2.33 bits per heavy atom. The van der Waals surface area contributed by atoms with Crippen LogP contribution in [0.25, 0.3) is 5.95 Å². The lowest BCUT2D eigenvalue weighted by molar-refractivity contribution is 0.0575. The Morgan fingerprint density at radius 3 is 3.05 bits per heavy atom. The molecular formula is C13H17ClN6O. The van der Waals surface area contributed by atoms with Gasteiger partial charge in [0.1, 0.15) is 0 Å². The Bertz CT molecular complexity index is 584. The lowest BCUT2D eigenvalue weighted by Gasteiger charge is -2.27. The van der Waals surface area contributed by atoms with Gasteiger partial charge in [-0.15, -0.1) is 0 Å². The molecule has 8 heteroatoms. The Kier molecular flexibility index (Phi) is 4.31. The van der Waals surface area contributed by atoms with Crippen molar-refractivity contribution in [1.82, 2.24) is 24.7 Å². The zero-order chi connectivity index (χ0) is 14.7. The van der Waals surface area contributed by atoms with E-state index in [9.17, 15) is 0 Å². The van der Waals surface area contributed by atoms with Crippen LogP contribution in [0.5, 0.6) is 0 Å². The van der Waals surface area contributed by atoms with Crippen LogP contribution in [0, 0.1) is 5.92 Å². The molecule has 1 fully saturated rings. The van der Waals surface area contributed by atoms with Crippen molar-refractivity contribution in [3.63, 3.8) is 0 Å². The van der Waals surface area contributed by atoms with Crippen molar-refractivity contribution in [2.45, 2.75) is 12.8 Å². The summed E-state index contributed by atoms with van der Waals surface area (Å²) in [6.45, 7) is 2.48. The van der Waals surface area contributed by atoms with Crippen LogP contribution >= 0.6 is 11.6 Å². The first kappa shape index (κ1) is 14.2. The van der Waals surface area contributed by atoms with Crippen LogP contribution in [-0.2, 0) is 4.74 Å². The molecule has 0 saturated carbocycles. The number of hydrogen-bond acceptors (Lipinski definition) is 6. The maximum Gasteiger partial charge on any atom is 0.256 e. The molecule has 1 atom stereocenters. The van der Waals surface area contributed by atoms with Crippen LogP contribution in [0.4, 0.5) is 5.95 Å². The van der Waals surface area contributed by atoms with E-state index in [0.717, 1.165) is 32.6 Å². The van der Waals surface area contributed by atoms with Crippen molar-refractivity contribution >= 4 is 17.5 Å². The minimum absolute atomic E-state index is 0.164. The highest BCUT2D eigenvalue weighted by Crippen LogP contribution is 2.18. The maximum absolute atomic E-state index is 6.00. The third-order valence-corrected chi connectivity index (χ3v) is 3.59. The molecule has 0 radical (unpaired) electrons. The van der Waals surface area contributed by atoms with Crippen LogP contribution in [0.15, 0.2) is 18.5 Å². The predicted molar refractivity (Wildman–Crippen MR) is 78.8 cm³/mol. The largest absolute Gasteiger partial charge is 0.381 e. The van der Waals surface area contributed by atoms with E-state index in [2.05, 4.69) is 20.1 Å². The molecule has 112 valence electrons. The lowest BCUT2D eigenvalue weighted by atomic mass is 10.0. The molecule has 1 unspecified atom stereocenters. The van der Waals surface area contributed by atoms with Gasteiger partial charge in [-0.05, 0) is 36.4 Å². The molecule has 0 spiro atoms. The third kappa shape index (κ3) is 3.48. The Hall–Kier alpha value is -1.73. The van der Waals surface area contributed by atoms with Crippen LogP contribution in [-0.4, -0.2) is 51.5 Å². The number of aromatic nitrogens is 5. The topological polar surface area (TPSA) is 69.0 Å². The molecule has 21 heavy (non-hydrogen) atoms. The number of hydrogen-bond donors (Lipinski definition) is 0. The first-order valence-corrected chi connectivity index (χ1v) is 7.30. The molecular weight excluding hydrogens is 292 g/mol. The summed E-state index contributed by atoms with van der Waals surface area (Å²) in [7, 11) is 1.95. The molecule has 2 aromatic heterocycles. The summed E-state index contributed by atoms with van der Waals surface area (Å²) in [5.74, 6) is 1.46. The maximum atomic E-state index is 6.00. The first-order chi connectivity index (χ1) is 10.2. The molecule has 0 aliphatic carbocycles. The average molecular weight is 309 g/mol. The van der Waals surface area contributed by atoms with Crippen LogP contribution in [0.3, 0.4) is 0 Å². The van der Waals surface area contributed by atoms with E-state index in [0.29, 0.717) is 17.8 Å². The second-order valence-corrected chi connectivity index (χ2v) is 5.46. The zero-order valence-corrected chi connectivity index (χ0v) is 12.6. The van der Waals surface area contributed by atoms with E-state index in [4.69, 9.17) is 16.3 Å². The Morgan fingerprint density at radius 1 is 1.43 bits per heavy atom. The van der Waals surface area contributed by atoms with Crippen LogP contribution in [0.2, 0.25) is 5.28 Å². The van der Waals surface area contributed by atoms with E-state index in [1.807, 2.05) is 11.9 Å². The highest BCUT2D eigenvalue weighted by Gasteiger charge is 2.18. The first-order valence-electron chi connectivity index (χ1n) is 6.93. The van der Waals surface area contributed by atoms with Crippen LogP contribution in [0.1, 0.15) is 12.8 Å². The van der Waals surface area contributed by atoms with Gasteiger partial charge in [-0.25, -0.2) is 4.68 Å². The minimum Gasteiger partial charge on any atom is -0.381 e. The van der Waals surface area contributed by atoms with Gasteiger partial charge in [-0.2, -0.15) is 20.1 Å². The Labute approximate surface area is 127 Å². The summed E-state index contributed by atoms with van der Waals surface area (Å²) >= 11 is 6.00. The highest BCUT2D eigenvalue weighted by molar-refractivity contribution is 6.28. The normalized spacial score (nSPS) is 18.7. The van der Waals surface area contributed by atoms with E-state index in [1.165, 1.54) is 0 Å². The summed E-state index contributed by atoms with van der Waals surface area (Å²) in [5, 5.41) is 4.27. The average Bonchev–Trinajstić information content (AvgIpc) is 3.02. The van der Waals surface area contributed by atoms with Gasteiger partial charge in [-0.1, -0.05) is 0 Å². The quantitative estimate of drug-likeness (QED) is 0.854. The third-order valence-electron chi connectivity index (χ3n) is 3.42. The number of nitrogens with zero attached hydrogens (tertiary/aromatic N) is 6. The lowest BCUT2D eigenvalue weighted by Crippen LogP contribution is -2.32. The van der Waals surface area contributed by atoms with Crippen molar-refractivity contribution in [3.05, 3.63) is 23.7 Å². The fourth-order valence-corrected chi connectivity index (χ4v) is 2.56. The van der Waals surface area contributed by atoms with E-state index in [1.54, 1.807) is 23.1 Å². The van der Waals surface area contributed by atoms with Crippen molar-refractivity contribution in [1.29, 1.82) is 0 Å². The fourth-order valence-electron chi connectivity index (χ4n) is 2.41. The molecule has 0 amide bonds. The summed E-state index contributed by atoms with van der Waals surface area (Å²) < 4.78 is 7.07. The molecule has 3 heterocycles. The molecule has 0 aromatic carbocycles. The van der Waals surface area contributed by atoms with Gasteiger partial charge in [0, 0.05) is 32.6 Å². The predicted octanol–water partition coefficient (Wildman–Crippen LogP) is 1.57. The number of rotatable bonds is 4. The van der Waals surface area contributed by atoms with Gasteiger partial charge in [0.15, 0.2) is 0 Å².